The van der Waals surface area contributed by atoms with Gasteiger partial charge in [-0.05, 0) is 181 Å². The summed E-state index contributed by atoms with van der Waals surface area (Å²) in [6, 6.07) is 29.6. The second-order valence-corrected chi connectivity index (χ2v) is 26.7. The Morgan fingerprint density at radius 2 is 1.25 bits per heavy atom. The van der Waals surface area contributed by atoms with Gasteiger partial charge in [-0.1, -0.05) is 80.8 Å². The lowest BCUT2D eigenvalue weighted by Gasteiger charge is -2.38. The summed E-state index contributed by atoms with van der Waals surface area (Å²) in [6.45, 7) is 18.1. The summed E-state index contributed by atoms with van der Waals surface area (Å²) in [6.07, 6.45) is 8.85. The first kappa shape index (κ1) is 59.2. The molecular weight excluding hydrogens is 1020 g/mol. The molecule has 5 N–H and O–H groups in total. The van der Waals surface area contributed by atoms with Crippen molar-refractivity contribution >= 4 is 88.6 Å². The summed E-state index contributed by atoms with van der Waals surface area (Å²) in [7, 11) is 2.26. The van der Waals surface area contributed by atoms with Gasteiger partial charge in [-0.2, -0.15) is 0 Å². The SMILES string of the molecule is C=C(C)C(=O)CCCCN(Cc1cc(F)ccc1B(O)O)Cc1c2ccccc2c(CN(CCCNC(=O)C(=C)C)Cc2cc(F)ccc2B(O)O)c2ccc(C3=C4C=CC(=[N+](C)C)C=C4[Si](C)(C)c4cc(N(C)C)ccc43)cc12. The molecule has 1 amide bonds. The fourth-order valence-corrected chi connectivity index (χ4v) is 14.4. The van der Waals surface area contributed by atoms with Gasteiger partial charge in [-0.25, -0.2) is 13.4 Å². The van der Waals surface area contributed by atoms with Crippen molar-refractivity contribution in [1.29, 1.82) is 0 Å². The van der Waals surface area contributed by atoms with Gasteiger partial charge in [0.2, 0.25) is 5.91 Å². The summed E-state index contributed by atoms with van der Waals surface area (Å²) in [4.78, 5) is 31.9. The van der Waals surface area contributed by atoms with E-state index in [9.17, 15) is 29.7 Å². The molecule has 0 aromatic heterocycles. The number of nitrogens with one attached hydrogen (secondary N) is 1. The van der Waals surface area contributed by atoms with Crippen LogP contribution in [0, 0.1) is 11.6 Å². The summed E-state index contributed by atoms with van der Waals surface area (Å²) in [5.74, 6) is -1.28. The number of anilines is 1. The Labute approximate surface area is 471 Å². The van der Waals surface area contributed by atoms with Crippen LogP contribution in [-0.4, -0.2) is 122 Å². The smallest absolute Gasteiger partial charge is 0.423 e. The topological polar surface area (TPSA) is 140 Å². The summed E-state index contributed by atoms with van der Waals surface area (Å²) in [5, 5.41) is 51.6. The lowest BCUT2D eigenvalue weighted by atomic mass is 9.77. The molecule has 6 aromatic carbocycles. The molecule has 0 saturated carbocycles. The van der Waals surface area contributed by atoms with E-state index in [0.717, 1.165) is 55.2 Å². The molecule has 8 rings (SSSR count). The van der Waals surface area contributed by atoms with Crippen LogP contribution >= 0.6 is 0 Å². The maximum absolute atomic E-state index is 15.2. The van der Waals surface area contributed by atoms with Gasteiger partial charge >= 0.3 is 14.2 Å². The predicted molar refractivity (Wildman–Crippen MR) is 326 cm³/mol. The van der Waals surface area contributed by atoms with Crippen molar-refractivity contribution in [2.75, 3.05) is 52.7 Å². The Balaban J connectivity index is 1.38. The molecule has 0 bridgehead atoms. The minimum Gasteiger partial charge on any atom is -0.423 e. The van der Waals surface area contributed by atoms with Gasteiger partial charge in [-0.15, -0.1) is 0 Å². The zero-order valence-corrected chi connectivity index (χ0v) is 48.5. The first-order chi connectivity index (χ1) is 38.0. The number of allylic oxidation sites excluding steroid dienone is 6. The zero-order chi connectivity index (χ0) is 57.7. The van der Waals surface area contributed by atoms with Crippen LogP contribution in [0.4, 0.5) is 14.5 Å². The number of nitrogens with zero attached hydrogens (tertiary/aromatic N) is 4. The maximum Gasteiger partial charge on any atom is 0.488 e. The Hall–Kier alpha value is -6.88. The fourth-order valence-electron chi connectivity index (χ4n) is 11.3. The number of amides is 1. The van der Waals surface area contributed by atoms with Crippen LogP contribution in [0.15, 0.2) is 150 Å². The third kappa shape index (κ3) is 13.1. The van der Waals surface area contributed by atoms with E-state index in [2.05, 4.69) is 146 Å². The molecule has 1 aliphatic heterocycles. The number of unbranched alkanes of at least 4 members (excludes halogenated alkanes) is 1. The summed E-state index contributed by atoms with van der Waals surface area (Å²) < 4.78 is 32.5. The second-order valence-electron chi connectivity index (χ2n) is 22.4. The van der Waals surface area contributed by atoms with Crippen molar-refractivity contribution in [2.24, 2.45) is 0 Å². The van der Waals surface area contributed by atoms with Crippen molar-refractivity contribution in [1.82, 2.24) is 15.1 Å². The number of halogens is 2. The van der Waals surface area contributed by atoms with E-state index in [-0.39, 0.29) is 35.7 Å². The molecule has 0 radical (unpaired) electrons. The number of Topliss-reactive ketones (excluding diaryl/α,β-unsaturated/α-hetero) is 1. The standard InChI is InChI=1S/C64H73B2F2N5O6Si/c1-41(2)60(74)18-13-14-30-72(37-44-32-46(67)20-27-58(44)65(76)77)40-57-51-17-12-11-16-50(51)56(39-73(31-15-29-69-64(75)42(3)4)38-45-33-47(68)21-28-59(45)66(78)79)52-24-19-43(34-55(52)57)63-53-25-22-48(70(5)6)35-61(53)80(9,10)62-36-49(71(7)8)23-26-54(62)63/h11-12,16-17,19-28,32-36,76-79H,1,3,13-15,18,29-31,37-40H2,2,4-10H3/p+1. The first-order valence-corrected chi connectivity index (χ1v) is 30.4. The molecule has 6 aromatic rings. The number of benzene rings is 6. The monoisotopic (exact) mass is 1100 g/mol. The summed E-state index contributed by atoms with van der Waals surface area (Å²) >= 11 is 0. The number of ketones is 1. The lowest BCUT2D eigenvalue weighted by molar-refractivity contribution is -0.462. The Morgan fingerprint density at radius 3 is 1.80 bits per heavy atom. The average Bonchev–Trinajstić information content (AvgIpc) is 3.48. The van der Waals surface area contributed by atoms with Gasteiger partial charge in [-0.3, -0.25) is 19.4 Å². The zero-order valence-electron chi connectivity index (χ0n) is 47.5. The van der Waals surface area contributed by atoms with Crippen molar-refractivity contribution in [3.63, 3.8) is 0 Å². The van der Waals surface area contributed by atoms with Gasteiger partial charge in [0, 0.05) is 83.2 Å². The molecule has 0 saturated heterocycles. The summed E-state index contributed by atoms with van der Waals surface area (Å²) in [5.41, 5.74) is 10.8. The molecule has 0 unspecified atom stereocenters. The highest BCUT2D eigenvalue weighted by Crippen LogP contribution is 2.44. The highest BCUT2D eigenvalue weighted by atomic mass is 28.3. The first-order valence-electron chi connectivity index (χ1n) is 27.4. The van der Waals surface area contributed by atoms with E-state index in [4.69, 9.17) is 0 Å². The van der Waals surface area contributed by atoms with Gasteiger partial charge in [0.25, 0.3) is 0 Å². The van der Waals surface area contributed by atoms with Crippen LogP contribution in [-0.2, 0) is 35.8 Å². The van der Waals surface area contributed by atoms with E-state index in [1.54, 1.807) is 13.8 Å². The molecule has 11 nitrogen and oxygen atoms in total. The Kier molecular flexibility index (Phi) is 18.7. The molecule has 0 spiro atoms. The highest BCUT2D eigenvalue weighted by Gasteiger charge is 2.41. The average molecular weight is 1100 g/mol. The van der Waals surface area contributed by atoms with Crippen LogP contribution in [0.3, 0.4) is 0 Å². The Morgan fingerprint density at radius 1 is 0.675 bits per heavy atom. The lowest BCUT2D eigenvalue weighted by Crippen LogP contribution is -2.49. The van der Waals surface area contributed by atoms with Gasteiger partial charge in [0.15, 0.2) is 11.5 Å². The van der Waals surface area contributed by atoms with Crippen molar-refractivity contribution in [3.8, 4) is 0 Å². The number of carbonyl (C=O) groups excluding carboxylic acids is 2. The molecule has 16 heteroatoms. The molecular formula is C64H74B2F2N5O6Si+. The van der Waals surface area contributed by atoms with Crippen molar-refractivity contribution in [2.45, 2.75) is 78.8 Å². The van der Waals surface area contributed by atoms with E-state index >= 15 is 8.78 Å². The number of hydrogen-bond donors (Lipinski definition) is 5. The number of carbonyl (C=O) groups is 2. The van der Waals surface area contributed by atoms with E-state index in [1.165, 1.54) is 57.9 Å². The van der Waals surface area contributed by atoms with Crippen molar-refractivity contribution < 1.29 is 43.0 Å². The molecule has 0 fully saturated rings. The number of hydrogen-bond acceptors (Lipinski definition) is 9. The van der Waals surface area contributed by atoms with Gasteiger partial charge in [0.1, 0.15) is 33.8 Å². The quantitative estimate of drug-likeness (QED) is 0.0145. The number of fused-ring (bicyclic) bond motifs is 4. The van der Waals surface area contributed by atoms with Gasteiger partial charge in [0.05, 0.1) is 0 Å². The van der Waals surface area contributed by atoms with Crippen LogP contribution in [0.5, 0.6) is 0 Å². The van der Waals surface area contributed by atoms with Crippen LogP contribution in [0.25, 0.3) is 27.1 Å². The van der Waals surface area contributed by atoms with Crippen LogP contribution < -0.4 is 26.3 Å². The highest BCUT2D eigenvalue weighted by molar-refractivity contribution is 6.98. The molecule has 80 heavy (non-hydrogen) atoms. The number of rotatable bonds is 23. The minimum absolute atomic E-state index is 0.00964. The maximum atomic E-state index is 15.2. The van der Waals surface area contributed by atoms with E-state index in [1.807, 2.05) is 12.1 Å². The molecule has 0 atom stereocenters. The van der Waals surface area contributed by atoms with E-state index < -0.39 is 33.9 Å². The molecule has 2 aliphatic rings. The predicted octanol–water partition coefficient (Wildman–Crippen LogP) is 7.58. The Bertz CT molecular complexity index is 3550. The minimum atomic E-state index is -2.32. The second kappa shape index (κ2) is 25.3. The van der Waals surface area contributed by atoms with Crippen LogP contribution in [0.2, 0.25) is 13.1 Å². The van der Waals surface area contributed by atoms with E-state index in [0.29, 0.717) is 80.7 Å². The molecule has 1 heterocycles. The fraction of sp³-hybridized carbons (Fsp3) is 0.297. The van der Waals surface area contributed by atoms with Crippen LogP contribution in [0.1, 0.15) is 72.9 Å². The molecule has 1 aliphatic carbocycles. The van der Waals surface area contributed by atoms with Crippen molar-refractivity contribution in [3.05, 3.63) is 195 Å². The third-order valence-electron chi connectivity index (χ3n) is 15.7. The normalized spacial score (nSPS) is 13.7. The van der Waals surface area contributed by atoms with Gasteiger partial charge < -0.3 is 30.3 Å². The third-order valence-corrected chi connectivity index (χ3v) is 19.2. The largest absolute Gasteiger partial charge is 0.488 e. The molecule has 414 valence electrons.